The van der Waals surface area contributed by atoms with Gasteiger partial charge in [0, 0.05) is 5.56 Å². The largest absolute Gasteiger partial charge is 0.496 e. The molecule has 1 aromatic carbocycles. The van der Waals surface area contributed by atoms with Gasteiger partial charge in [0.1, 0.15) is 5.75 Å². The number of hydrogen-bond donors (Lipinski definition) is 0. The minimum atomic E-state index is -0.346. The summed E-state index contributed by atoms with van der Waals surface area (Å²) in [6.45, 7) is 6.48. The molecule has 1 aromatic rings. The Morgan fingerprint density at radius 3 is 2.41 bits per heavy atom. The zero-order chi connectivity index (χ0) is 12.7. The Balaban J connectivity index is 2.46. The van der Waals surface area contributed by atoms with Crippen molar-refractivity contribution in [2.75, 3.05) is 7.11 Å². The molecule has 0 N–H and O–H groups in total. The van der Waals surface area contributed by atoms with Gasteiger partial charge in [-0.1, -0.05) is 31.5 Å². The van der Waals surface area contributed by atoms with Crippen LogP contribution in [0.1, 0.15) is 37.8 Å². The van der Waals surface area contributed by atoms with Gasteiger partial charge in [-0.15, -0.1) is 0 Å². The molecule has 2 heteroatoms. The lowest BCUT2D eigenvalue weighted by atomic mass is 9.52. The predicted molar refractivity (Wildman–Crippen MR) is 68.0 cm³/mol. The predicted octanol–water partition coefficient (Wildman–Crippen LogP) is 3.59. The van der Waals surface area contributed by atoms with Gasteiger partial charge in [0.15, 0.2) is 0 Å². The SMILES string of the molecule is COc1ccc(C)cc1C1(C#N)CC(C)(C)C1. The highest BCUT2D eigenvalue weighted by Gasteiger charge is 2.52. The molecule has 0 heterocycles. The van der Waals surface area contributed by atoms with E-state index < -0.39 is 0 Å². The summed E-state index contributed by atoms with van der Waals surface area (Å²) in [6, 6.07) is 8.60. The first kappa shape index (κ1) is 12.0. The van der Waals surface area contributed by atoms with E-state index in [0.29, 0.717) is 0 Å². The van der Waals surface area contributed by atoms with Crippen molar-refractivity contribution in [1.82, 2.24) is 0 Å². The Kier molecular flexibility index (Phi) is 2.66. The Labute approximate surface area is 103 Å². The van der Waals surface area contributed by atoms with E-state index in [1.165, 1.54) is 5.56 Å². The Bertz CT molecular complexity index is 474. The Hall–Kier alpha value is -1.49. The van der Waals surface area contributed by atoms with Crippen LogP contribution in [-0.4, -0.2) is 7.11 Å². The first-order chi connectivity index (χ1) is 7.92. The zero-order valence-electron chi connectivity index (χ0n) is 11.0. The van der Waals surface area contributed by atoms with Crippen LogP contribution in [0.15, 0.2) is 18.2 Å². The number of nitrogens with zero attached hydrogens (tertiary/aromatic N) is 1. The molecule has 90 valence electrons. The molecule has 1 fully saturated rings. The van der Waals surface area contributed by atoms with Crippen LogP contribution in [0.5, 0.6) is 5.75 Å². The van der Waals surface area contributed by atoms with Crippen LogP contribution in [0.2, 0.25) is 0 Å². The van der Waals surface area contributed by atoms with E-state index in [9.17, 15) is 5.26 Å². The fourth-order valence-corrected chi connectivity index (χ4v) is 3.11. The van der Waals surface area contributed by atoms with Crippen molar-refractivity contribution in [3.8, 4) is 11.8 Å². The number of benzene rings is 1. The summed E-state index contributed by atoms with van der Waals surface area (Å²) in [4.78, 5) is 0. The van der Waals surface area contributed by atoms with Crippen molar-refractivity contribution in [3.05, 3.63) is 29.3 Å². The highest BCUT2D eigenvalue weighted by Crippen LogP contribution is 2.56. The summed E-state index contributed by atoms with van der Waals surface area (Å²) in [5, 5.41) is 9.53. The lowest BCUT2D eigenvalue weighted by Gasteiger charge is -2.49. The first-order valence-electron chi connectivity index (χ1n) is 5.99. The van der Waals surface area contributed by atoms with Gasteiger partial charge < -0.3 is 4.74 Å². The molecule has 0 atom stereocenters. The van der Waals surface area contributed by atoms with Gasteiger partial charge >= 0.3 is 0 Å². The lowest BCUT2D eigenvalue weighted by Crippen LogP contribution is -2.45. The standard InChI is InChI=1S/C15H19NO/c1-11-5-6-13(17-4)12(7-11)15(10-16)8-14(2,3)9-15/h5-7H,8-9H2,1-4H3. The normalized spacial score (nSPS) is 20.2. The molecule has 0 amide bonds. The van der Waals surface area contributed by atoms with Gasteiger partial charge in [0.25, 0.3) is 0 Å². The zero-order valence-corrected chi connectivity index (χ0v) is 11.0. The maximum absolute atomic E-state index is 9.53. The van der Waals surface area contributed by atoms with Crippen LogP contribution in [0.3, 0.4) is 0 Å². The number of hydrogen-bond acceptors (Lipinski definition) is 2. The van der Waals surface area contributed by atoms with Gasteiger partial charge in [-0.25, -0.2) is 0 Å². The van der Waals surface area contributed by atoms with Crippen molar-refractivity contribution in [1.29, 1.82) is 5.26 Å². The third-order valence-corrected chi connectivity index (χ3v) is 3.65. The van der Waals surface area contributed by atoms with Crippen LogP contribution in [0.25, 0.3) is 0 Å². The molecule has 0 bridgehead atoms. The maximum Gasteiger partial charge on any atom is 0.123 e. The first-order valence-corrected chi connectivity index (χ1v) is 5.99. The molecule has 0 aromatic heterocycles. The van der Waals surface area contributed by atoms with Crippen LogP contribution in [0.4, 0.5) is 0 Å². The molecule has 0 spiro atoms. The van der Waals surface area contributed by atoms with Gasteiger partial charge in [-0.2, -0.15) is 5.26 Å². The summed E-state index contributed by atoms with van der Waals surface area (Å²) in [6.07, 6.45) is 1.83. The molecule has 0 aliphatic heterocycles. The third kappa shape index (κ3) is 1.91. The molecule has 2 rings (SSSR count). The van der Waals surface area contributed by atoms with E-state index in [0.717, 1.165) is 24.2 Å². The van der Waals surface area contributed by atoms with Crippen molar-refractivity contribution >= 4 is 0 Å². The summed E-state index contributed by atoms with van der Waals surface area (Å²) >= 11 is 0. The second-order valence-corrected chi connectivity index (χ2v) is 5.92. The number of methoxy groups -OCH3 is 1. The summed E-state index contributed by atoms with van der Waals surface area (Å²) < 4.78 is 5.40. The topological polar surface area (TPSA) is 33.0 Å². The average molecular weight is 229 g/mol. The molecule has 1 aliphatic carbocycles. The number of rotatable bonds is 2. The number of ether oxygens (including phenoxy) is 1. The maximum atomic E-state index is 9.53. The molecule has 17 heavy (non-hydrogen) atoms. The molecule has 0 saturated heterocycles. The van der Waals surface area contributed by atoms with Gasteiger partial charge in [0.2, 0.25) is 0 Å². The molecular weight excluding hydrogens is 210 g/mol. The second kappa shape index (κ2) is 3.77. The lowest BCUT2D eigenvalue weighted by molar-refractivity contribution is 0.0977. The van der Waals surface area contributed by atoms with E-state index in [1.54, 1.807) is 7.11 Å². The summed E-state index contributed by atoms with van der Waals surface area (Å²) in [5.41, 5.74) is 2.16. The van der Waals surface area contributed by atoms with E-state index >= 15 is 0 Å². The Morgan fingerprint density at radius 2 is 1.94 bits per heavy atom. The monoisotopic (exact) mass is 229 g/mol. The second-order valence-electron chi connectivity index (χ2n) is 5.92. The van der Waals surface area contributed by atoms with Crippen molar-refractivity contribution in [2.45, 2.75) is 39.0 Å². The van der Waals surface area contributed by atoms with Crippen LogP contribution >= 0.6 is 0 Å². The van der Waals surface area contributed by atoms with E-state index in [-0.39, 0.29) is 10.8 Å². The van der Waals surface area contributed by atoms with Gasteiger partial charge in [-0.3, -0.25) is 0 Å². The molecule has 0 radical (unpaired) electrons. The molecule has 0 unspecified atom stereocenters. The average Bonchev–Trinajstić information content (AvgIpc) is 2.25. The fraction of sp³-hybridized carbons (Fsp3) is 0.533. The molecule has 1 saturated carbocycles. The Morgan fingerprint density at radius 1 is 1.29 bits per heavy atom. The van der Waals surface area contributed by atoms with Crippen molar-refractivity contribution < 1.29 is 4.74 Å². The smallest absolute Gasteiger partial charge is 0.123 e. The summed E-state index contributed by atoms with van der Waals surface area (Å²) in [5.74, 6) is 0.840. The third-order valence-electron chi connectivity index (χ3n) is 3.65. The van der Waals surface area contributed by atoms with Crippen LogP contribution in [-0.2, 0) is 5.41 Å². The molecule has 1 aliphatic rings. The van der Waals surface area contributed by atoms with E-state index in [4.69, 9.17) is 4.74 Å². The number of nitriles is 1. The minimum absolute atomic E-state index is 0.268. The van der Waals surface area contributed by atoms with E-state index in [2.05, 4.69) is 32.9 Å². The minimum Gasteiger partial charge on any atom is -0.496 e. The van der Waals surface area contributed by atoms with Gasteiger partial charge in [0.05, 0.1) is 18.6 Å². The highest BCUT2D eigenvalue weighted by atomic mass is 16.5. The highest BCUT2D eigenvalue weighted by molar-refractivity contribution is 5.48. The summed E-state index contributed by atoms with van der Waals surface area (Å²) in [7, 11) is 1.67. The van der Waals surface area contributed by atoms with Crippen LogP contribution in [0, 0.1) is 23.7 Å². The van der Waals surface area contributed by atoms with E-state index in [1.807, 2.05) is 12.1 Å². The molecular formula is C15H19NO. The number of aryl methyl sites for hydroxylation is 1. The fourth-order valence-electron chi connectivity index (χ4n) is 3.11. The van der Waals surface area contributed by atoms with Crippen LogP contribution < -0.4 is 4.74 Å². The quantitative estimate of drug-likeness (QED) is 0.776. The van der Waals surface area contributed by atoms with Gasteiger partial charge in [-0.05, 0) is 31.2 Å². The van der Waals surface area contributed by atoms with Crippen molar-refractivity contribution in [3.63, 3.8) is 0 Å². The molecule has 2 nitrogen and oxygen atoms in total. The van der Waals surface area contributed by atoms with Crippen molar-refractivity contribution in [2.24, 2.45) is 5.41 Å².